The smallest absolute Gasteiger partial charge is 0.0527 e. The minimum Gasteiger partial charge on any atom is -0.118 e. The van der Waals surface area contributed by atoms with E-state index in [4.69, 9.17) is 11.6 Å². The van der Waals surface area contributed by atoms with Crippen LogP contribution in [0.15, 0.2) is 24.3 Å². The second-order valence-corrected chi connectivity index (χ2v) is 6.63. The Morgan fingerprint density at radius 3 is 2.53 bits per heavy atom. The fourth-order valence-corrected chi connectivity index (χ4v) is 3.38. The molecule has 0 saturated heterocycles. The molecule has 0 nitrogen and oxygen atoms in total. The first kappa shape index (κ1) is 12.7. The van der Waals surface area contributed by atoms with Crippen LogP contribution in [0.2, 0.25) is 0 Å². The minimum atomic E-state index is 0.175. The van der Waals surface area contributed by atoms with Gasteiger partial charge in [0.25, 0.3) is 0 Å². The molecule has 1 atom stereocenters. The fourth-order valence-electron chi connectivity index (χ4n) is 2.81. The molecule has 0 radical (unpaired) electrons. The van der Waals surface area contributed by atoms with Crippen molar-refractivity contribution in [3.05, 3.63) is 41.0 Å². The highest BCUT2D eigenvalue weighted by Gasteiger charge is 2.28. The predicted octanol–water partition coefficient (Wildman–Crippen LogP) is 5.11. The largest absolute Gasteiger partial charge is 0.118 e. The number of aryl methyl sites for hydroxylation is 2. The Bertz CT molecular complexity index is 455. The van der Waals surface area contributed by atoms with Gasteiger partial charge >= 0.3 is 0 Å². The van der Waals surface area contributed by atoms with Crippen molar-refractivity contribution in [2.45, 2.75) is 45.9 Å². The second kappa shape index (κ2) is 4.49. The molecule has 1 aromatic carbocycles. The SMILES string of the molecule is Cc1ccc(C2=CC(Cl)CC(C)(C)C2)c(C)c1. The summed E-state index contributed by atoms with van der Waals surface area (Å²) in [5, 5.41) is 0.175. The van der Waals surface area contributed by atoms with E-state index in [0.717, 1.165) is 12.8 Å². The molecule has 0 aromatic heterocycles. The first-order valence-corrected chi connectivity index (χ1v) is 6.73. The van der Waals surface area contributed by atoms with Crippen LogP contribution in [0.3, 0.4) is 0 Å². The molecule has 0 saturated carbocycles. The lowest BCUT2D eigenvalue weighted by Gasteiger charge is -2.33. The number of hydrogen-bond donors (Lipinski definition) is 0. The van der Waals surface area contributed by atoms with Gasteiger partial charge in [-0.2, -0.15) is 0 Å². The molecule has 92 valence electrons. The number of hydrogen-bond acceptors (Lipinski definition) is 0. The Morgan fingerprint density at radius 2 is 1.94 bits per heavy atom. The molecule has 0 heterocycles. The summed E-state index contributed by atoms with van der Waals surface area (Å²) in [6, 6.07) is 6.68. The van der Waals surface area contributed by atoms with Crippen molar-refractivity contribution in [2.24, 2.45) is 5.41 Å². The van der Waals surface area contributed by atoms with Gasteiger partial charge in [-0.25, -0.2) is 0 Å². The first-order valence-electron chi connectivity index (χ1n) is 6.30. The number of halogens is 1. The molecule has 1 heteroatoms. The number of allylic oxidation sites excluding steroid dienone is 2. The minimum absolute atomic E-state index is 0.175. The zero-order valence-corrected chi connectivity index (χ0v) is 11.9. The number of alkyl halides is 1. The highest BCUT2D eigenvalue weighted by atomic mass is 35.5. The van der Waals surface area contributed by atoms with E-state index in [9.17, 15) is 0 Å². The summed E-state index contributed by atoms with van der Waals surface area (Å²) in [4.78, 5) is 0. The number of rotatable bonds is 1. The molecular formula is C16H21Cl. The van der Waals surface area contributed by atoms with Gasteiger partial charge in [0, 0.05) is 0 Å². The van der Waals surface area contributed by atoms with Crippen molar-refractivity contribution in [3.63, 3.8) is 0 Å². The Labute approximate surface area is 110 Å². The summed E-state index contributed by atoms with van der Waals surface area (Å²) in [6.07, 6.45) is 4.44. The van der Waals surface area contributed by atoms with Gasteiger partial charge in [-0.15, -0.1) is 11.6 Å². The van der Waals surface area contributed by atoms with Crippen molar-refractivity contribution in [1.29, 1.82) is 0 Å². The van der Waals surface area contributed by atoms with Crippen LogP contribution >= 0.6 is 11.6 Å². The van der Waals surface area contributed by atoms with Gasteiger partial charge in [0.05, 0.1) is 5.38 Å². The molecule has 0 aliphatic heterocycles. The maximum Gasteiger partial charge on any atom is 0.0527 e. The highest BCUT2D eigenvalue weighted by Crippen LogP contribution is 2.41. The van der Waals surface area contributed by atoms with Gasteiger partial charge in [0.2, 0.25) is 0 Å². The van der Waals surface area contributed by atoms with Crippen LogP contribution in [0.4, 0.5) is 0 Å². The van der Waals surface area contributed by atoms with Crippen LogP contribution in [0.25, 0.3) is 5.57 Å². The maximum absolute atomic E-state index is 6.35. The van der Waals surface area contributed by atoms with Gasteiger partial charge in [-0.3, -0.25) is 0 Å². The molecule has 1 aromatic rings. The third-order valence-electron chi connectivity index (χ3n) is 3.53. The van der Waals surface area contributed by atoms with E-state index < -0.39 is 0 Å². The summed E-state index contributed by atoms with van der Waals surface area (Å²) in [5.41, 5.74) is 5.78. The van der Waals surface area contributed by atoms with Gasteiger partial charge < -0.3 is 0 Å². The van der Waals surface area contributed by atoms with Crippen LogP contribution in [-0.2, 0) is 0 Å². The molecule has 1 unspecified atom stereocenters. The second-order valence-electron chi connectivity index (χ2n) is 6.07. The van der Waals surface area contributed by atoms with Gasteiger partial charge in [0.15, 0.2) is 0 Å². The molecule has 0 amide bonds. The van der Waals surface area contributed by atoms with Crippen LogP contribution in [0.1, 0.15) is 43.4 Å². The van der Waals surface area contributed by atoms with Gasteiger partial charge in [-0.05, 0) is 48.8 Å². The predicted molar refractivity (Wildman–Crippen MR) is 76.5 cm³/mol. The lowest BCUT2D eigenvalue weighted by molar-refractivity contribution is 0.340. The summed E-state index contributed by atoms with van der Waals surface area (Å²) in [6.45, 7) is 8.94. The van der Waals surface area contributed by atoms with E-state index in [1.54, 1.807) is 0 Å². The van der Waals surface area contributed by atoms with E-state index in [1.165, 1.54) is 22.3 Å². The van der Waals surface area contributed by atoms with Crippen molar-refractivity contribution < 1.29 is 0 Å². The van der Waals surface area contributed by atoms with Crippen LogP contribution < -0.4 is 0 Å². The number of benzene rings is 1. The zero-order chi connectivity index (χ0) is 12.6. The quantitative estimate of drug-likeness (QED) is 0.606. The molecule has 1 aliphatic rings. The van der Waals surface area contributed by atoms with Crippen molar-refractivity contribution in [2.75, 3.05) is 0 Å². The summed E-state index contributed by atoms with van der Waals surface area (Å²) in [5.74, 6) is 0. The van der Waals surface area contributed by atoms with E-state index >= 15 is 0 Å². The molecule has 2 rings (SSSR count). The van der Waals surface area contributed by atoms with Crippen LogP contribution in [-0.4, -0.2) is 5.38 Å². The molecule has 17 heavy (non-hydrogen) atoms. The topological polar surface area (TPSA) is 0 Å². The average molecular weight is 249 g/mol. The maximum atomic E-state index is 6.35. The third kappa shape index (κ3) is 2.93. The molecule has 1 aliphatic carbocycles. The summed E-state index contributed by atoms with van der Waals surface area (Å²) in [7, 11) is 0. The first-order chi connectivity index (χ1) is 7.87. The van der Waals surface area contributed by atoms with Gasteiger partial charge in [-0.1, -0.05) is 43.7 Å². The normalized spacial score (nSPS) is 23.4. The molecule has 0 spiro atoms. The monoisotopic (exact) mass is 248 g/mol. The standard InChI is InChI=1S/C16H21Cl/c1-11-5-6-15(12(2)7-11)13-8-14(17)10-16(3,4)9-13/h5-8,14H,9-10H2,1-4H3. The summed E-state index contributed by atoms with van der Waals surface area (Å²) < 4.78 is 0. The third-order valence-corrected chi connectivity index (χ3v) is 3.81. The average Bonchev–Trinajstić information content (AvgIpc) is 2.13. The molecule has 0 bridgehead atoms. The zero-order valence-electron chi connectivity index (χ0n) is 11.2. The van der Waals surface area contributed by atoms with E-state index in [0.29, 0.717) is 5.41 Å². The Kier molecular flexibility index (Phi) is 3.36. The van der Waals surface area contributed by atoms with E-state index in [-0.39, 0.29) is 5.38 Å². The van der Waals surface area contributed by atoms with Crippen molar-refractivity contribution >= 4 is 17.2 Å². The Hall–Kier alpha value is -0.750. The van der Waals surface area contributed by atoms with E-state index in [1.807, 2.05) is 0 Å². The van der Waals surface area contributed by atoms with E-state index in [2.05, 4.69) is 52.0 Å². The molecular weight excluding hydrogens is 228 g/mol. The molecule has 0 N–H and O–H groups in total. The highest BCUT2D eigenvalue weighted by molar-refractivity contribution is 6.22. The molecule has 0 fully saturated rings. The fraction of sp³-hybridized carbons (Fsp3) is 0.500. The Morgan fingerprint density at radius 1 is 1.24 bits per heavy atom. The lowest BCUT2D eigenvalue weighted by atomic mass is 9.75. The lowest BCUT2D eigenvalue weighted by Crippen LogP contribution is -2.21. The van der Waals surface area contributed by atoms with Crippen molar-refractivity contribution in [1.82, 2.24) is 0 Å². The summed E-state index contributed by atoms with van der Waals surface area (Å²) >= 11 is 6.35. The van der Waals surface area contributed by atoms with Gasteiger partial charge in [0.1, 0.15) is 0 Å². The van der Waals surface area contributed by atoms with Crippen molar-refractivity contribution in [3.8, 4) is 0 Å². The van der Waals surface area contributed by atoms with Crippen LogP contribution in [0.5, 0.6) is 0 Å². The van der Waals surface area contributed by atoms with Crippen LogP contribution in [0, 0.1) is 19.3 Å². The Balaban J connectivity index is 2.39.